The minimum Gasteiger partial charge on any atom is -0.463 e. The lowest BCUT2D eigenvalue weighted by molar-refractivity contribution is -0.137. The van der Waals surface area contributed by atoms with Crippen LogP contribution in [0, 0.1) is 0 Å². The zero-order valence-corrected chi connectivity index (χ0v) is 9.96. The van der Waals surface area contributed by atoms with Gasteiger partial charge in [0.2, 0.25) is 0 Å². The average Bonchev–Trinajstić information content (AvgIpc) is 2.71. The smallest absolute Gasteiger partial charge is 0.330 e. The second kappa shape index (κ2) is 5.00. The van der Waals surface area contributed by atoms with Gasteiger partial charge in [-0.05, 0) is 45.4 Å². The highest BCUT2D eigenvalue weighted by molar-refractivity contribution is 5.82. The van der Waals surface area contributed by atoms with Crippen molar-refractivity contribution in [2.45, 2.75) is 51.0 Å². The van der Waals surface area contributed by atoms with E-state index in [1.54, 1.807) is 6.08 Å². The molecular weight excluding hydrogens is 204 g/mol. The van der Waals surface area contributed by atoms with E-state index < -0.39 is 0 Å². The van der Waals surface area contributed by atoms with E-state index in [2.05, 4.69) is 0 Å². The summed E-state index contributed by atoms with van der Waals surface area (Å²) < 4.78 is 10.8. The summed E-state index contributed by atoms with van der Waals surface area (Å²) in [6.07, 6.45) is 8.16. The Balaban J connectivity index is 1.87. The van der Waals surface area contributed by atoms with Crippen molar-refractivity contribution in [1.82, 2.24) is 0 Å². The molecule has 1 saturated carbocycles. The van der Waals surface area contributed by atoms with Crippen LogP contribution in [0.2, 0.25) is 0 Å². The molecule has 0 N–H and O–H groups in total. The van der Waals surface area contributed by atoms with Gasteiger partial charge in [-0.15, -0.1) is 0 Å². The third kappa shape index (κ3) is 2.64. The molecule has 1 aliphatic heterocycles. The molecule has 2 rings (SSSR count). The number of rotatable bonds is 2. The van der Waals surface area contributed by atoms with E-state index in [4.69, 9.17) is 9.47 Å². The molecule has 0 aromatic heterocycles. The van der Waals surface area contributed by atoms with Crippen molar-refractivity contribution >= 4 is 5.97 Å². The molecule has 0 atom stereocenters. The van der Waals surface area contributed by atoms with Crippen LogP contribution >= 0.6 is 0 Å². The molecule has 0 bridgehead atoms. The number of carbonyl (C=O) groups is 1. The second-order valence-electron chi connectivity index (χ2n) is 4.69. The quantitative estimate of drug-likeness (QED) is 0.534. The first-order chi connectivity index (χ1) is 7.74. The maximum absolute atomic E-state index is 11.3. The third-order valence-corrected chi connectivity index (χ3v) is 3.60. The summed E-state index contributed by atoms with van der Waals surface area (Å²) in [7, 11) is 0. The normalized spacial score (nSPS) is 29.4. The van der Waals surface area contributed by atoms with Crippen molar-refractivity contribution in [2.75, 3.05) is 13.2 Å². The first kappa shape index (κ1) is 11.6. The lowest BCUT2D eigenvalue weighted by Gasteiger charge is -2.33. The Morgan fingerprint density at radius 1 is 1.44 bits per heavy atom. The zero-order valence-electron chi connectivity index (χ0n) is 9.96. The lowest BCUT2D eigenvalue weighted by atomic mass is 9.80. The Hall–Kier alpha value is -0.830. The Kier molecular flexibility index (Phi) is 3.64. The molecule has 2 aliphatic rings. The fourth-order valence-electron chi connectivity index (χ4n) is 2.67. The molecule has 0 aromatic carbocycles. The van der Waals surface area contributed by atoms with E-state index in [1.807, 2.05) is 6.92 Å². The zero-order chi connectivity index (χ0) is 11.4. The van der Waals surface area contributed by atoms with Gasteiger partial charge in [0.1, 0.15) is 0 Å². The summed E-state index contributed by atoms with van der Waals surface area (Å²) >= 11 is 0. The molecular formula is C13H20O3. The minimum atomic E-state index is -0.194. The van der Waals surface area contributed by atoms with Gasteiger partial charge in [-0.25, -0.2) is 4.79 Å². The number of esters is 1. The molecule has 1 spiro atoms. The van der Waals surface area contributed by atoms with Crippen LogP contribution < -0.4 is 0 Å². The van der Waals surface area contributed by atoms with E-state index in [0.29, 0.717) is 6.61 Å². The van der Waals surface area contributed by atoms with Gasteiger partial charge in [0.05, 0.1) is 12.2 Å². The molecule has 1 saturated heterocycles. The summed E-state index contributed by atoms with van der Waals surface area (Å²) in [6.45, 7) is 3.20. The fourth-order valence-corrected chi connectivity index (χ4v) is 2.67. The highest BCUT2D eigenvalue weighted by atomic mass is 16.5. The van der Waals surface area contributed by atoms with Crippen molar-refractivity contribution in [3.05, 3.63) is 11.6 Å². The Morgan fingerprint density at radius 2 is 2.19 bits per heavy atom. The number of hydrogen-bond acceptors (Lipinski definition) is 3. The molecule has 3 nitrogen and oxygen atoms in total. The molecule has 2 fully saturated rings. The first-order valence-corrected chi connectivity index (χ1v) is 6.24. The Bertz CT molecular complexity index is 276. The van der Waals surface area contributed by atoms with Gasteiger partial charge in [0, 0.05) is 12.7 Å². The van der Waals surface area contributed by atoms with Crippen LogP contribution in [0.3, 0.4) is 0 Å². The number of hydrogen-bond donors (Lipinski definition) is 0. The molecule has 1 heterocycles. The summed E-state index contributed by atoms with van der Waals surface area (Å²) in [5.74, 6) is -0.194. The van der Waals surface area contributed by atoms with Crippen LogP contribution in [0.5, 0.6) is 0 Å². The van der Waals surface area contributed by atoms with Crippen molar-refractivity contribution in [3.63, 3.8) is 0 Å². The molecule has 16 heavy (non-hydrogen) atoms. The van der Waals surface area contributed by atoms with Crippen LogP contribution in [0.4, 0.5) is 0 Å². The second-order valence-corrected chi connectivity index (χ2v) is 4.69. The van der Waals surface area contributed by atoms with Crippen molar-refractivity contribution in [2.24, 2.45) is 0 Å². The van der Waals surface area contributed by atoms with E-state index in [0.717, 1.165) is 32.3 Å². The minimum absolute atomic E-state index is 0.145. The van der Waals surface area contributed by atoms with Crippen LogP contribution in [-0.2, 0) is 14.3 Å². The van der Waals surface area contributed by atoms with Crippen LogP contribution in [0.15, 0.2) is 11.6 Å². The van der Waals surface area contributed by atoms with E-state index in [9.17, 15) is 4.79 Å². The predicted molar refractivity (Wildman–Crippen MR) is 61.1 cm³/mol. The fraction of sp³-hybridized carbons (Fsp3) is 0.769. The standard InChI is InChI=1S/C13H20O3/c1-2-15-12(14)10-11-4-7-13(8-5-11)6-3-9-16-13/h10H,2-9H2,1H3. The monoisotopic (exact) mass is 224 g/mol. The average molecular weight is 224 g/mol. The summed E-state index contributed by atoms with van der Waals surface area (Å²) in [5, 5.41) is 0. The van der Waals surface area contributed by atoms with E-state index in [-0.39, 0.29) is 11.6 Å². The number of allylic oxidation sites excluding steroid dienone is 1. The predicted octanol–water partition coefficient (Wildman–Crippen LogP) is 2.60. The van der Waals surface area contributed by atoms with Gasteiger partial charge in [0.15, 0.2) is 0 Å². The highest BCUT2D eigenvalue weighted by Crippen LogP contribution is 2.41. The Labute approximate surface area is 96.8 Å². The molecule has 90 valence electrons. The summed E-state index contributed by atoms with van der Waals surface area (Å²) in [4.78, 5) is 11.3. The van der Waals surface area contributed by atoms with Gasteiger partial charge < -0.3 is 9.47 Å². The summed E-state index contributed by atoms with van der Waals surface area (Å²) in [6, 6.07) is 0. The molecule has 0 amide bonds. The van der Waals surface area contributed by atoms with Gasteiger partial charge in [-0.3, -0.25) is 0 Å². The van der Waals surface area contributed by atoms with Gasteiger partial charge in [-0.2, -0.15) is 0 Å². The van der Waals surface area contributed by atoms with Crippen LogP contribution in [0.25, 0.3) is 0 Å². The lowest BCUT2D eigenvalue weighted by Crippen LogP contribution is -2.31. The van der Waals surface area contributed by atoms with Gasteiger partial charge in [0.25, 0.3) is 0 Å². The van der Waals surface area contributed by atoms with E-state index >= 15 is 0 Å². The Morgan fingerprint density at radius 3 is 2.75 bits per heavy atom. The number of carbonyl (C=O) groups excluding carboxylic acids is 1. The maximum atomic E-state index is 11.3. The largest absolute Gasteiger partial charge is 0.463 e. The van der Waals surface area contributed by atoms with Crippen LogP contribution in [0.1, 0.15) is 45.4 Å². The molecule has 0 radical (unpaired) electrons. The SMILES string of the molecule is CCOC(=O)C=C1CCC2(CCCO2)CC1. The molecule has 0 aromatic rings. The van der Waals surface area contributed by atoms with Crippen molar-refractivity contribution in [1.29, 1.82) is 0 Å². The summed E-state index contributed by atoms with van der Waals surface area (Å²) in [5.41, 5.74) is 1.37. The van der Waals surface area contributed by atoms with E-state index in [1.165, 1.54) is 18.4 Å². The maximum Gasteiger partial charge on any atom is 0.330 e. The van der Waals surface area contributed by atoms with Gasteiger partial charge in [-0.1, -0.05) is 5.57 Å². The van der Waals surface area contributed by atoms with Crippen LogP contribution in [-0.4, -0.2) is 24.8 Å². The molecule has 3 heteroatoms. The number of ether oxygens (including phenoxy) is 2. The molecule has 1 aliphatic carbocycles. The highest BCUT2D eigenvalue weighted by Gasteiger charge is 2.37. The van der Waals surface area contributed by atoms with Crippen molar-refractivity contribution < 1.29 is 14.3 Å². The first-order valence-electron chi connectivity index (χ1n) is 6.24. The third-order valence-electron chi connectivity index (χ3n) is 3.60. The molecule has 0 unspecified atom stereocenters. The van der Waals surface area contributed by atoms with Crippen molar-refractivity contribution in [3.8, 4) is 0 Å². The van der Waals surface area contributed by atoms with Gasteiger partial charge >= 0.3 is 5.97 Å². The topological polar surface area (TPSA) is 35.5 Å².